The molecule has 134 valence electrons. The van der Waals surface area contributed by atoms with Crippen LogP contribution in [0.25, 0.3) is 0 Å². The Kier molecular flexibility index (Phi) is 5.54. The summed E-state index contributed by atoms with van der Waals surface area (Å²) in [5.74, 6) is 1.27. The Hall–Kier alpha value is -1.57. The standard InChI is InChI=1S/C18H24N4O2S/c1-2-4-13(3-1)15-5-7-19-18(21-15)22-16-10-23-8-6-17(16)24-9-14-11-25-12-20-14/h5,7,11-13,16-17H,1-4,6,8-10H2,(H,19,21,22)/t16-,17+/m0/s1. The molecule has 0 spiro atoms. The van der Waals surface area contributed by atoms with E-state index in [9.17, 15) is 0 Å². The van der Waals surface area contributed by atoms with Gasteiger partial charge in [0.15, 0.2) is 0 Å². The molecule has 1 aliphatic heterocycles. The Balaban J connectivity index is 1.39. The van der Waals surface area contributed by atoms with Crippen molar-refractivity contribution in [1.82, 2.24) is 15.0 Å². The van der Waals surface area contributed by atoms with Crippen LogP contribution in [-0.4, -0.2) is 40.3 Å². The third-order valence-electron chi connectivity index (χ3n) is 4.99. The SMILES string of the molecule is c1cc(C2CCCC2)nc(N[C@H]2COCC[C@H]2OCc2cscn2)n1. The third kappa shape index (κ3) is 4.34. The molecule has 2 aromatic heterocycles. The van der Waals surface area contributed by atoms with E-state index in [0.29, 0.717) is 25.1 Å². The van der Waals surface area contributed by atoms with E-state index in [1.54, 1.807) is 11.3 Å². The summed E-state index contributed by atoms with van der Waals surface area (Å²) in [6.45, 7) is 1.87. The first-order valence-corrected chi connectivity index (χ1v) is 9.98. The van der Waals surface area contributed by atoms with Gasteiger partial charge < -0.3 is 14.8 Å². The molecule has 1 saturated heterocycles. The summed E-state index contributed by atoms with van der Waals surface area (Å²) >= 11 is 1.59. The molecular formula is C18H24N4O2S. The zero-order valence-corrected chi connectivity index (χ0v) is 15.1. The Labute approximate surface area is 152 Å². The number of thiazole rings is 1. The van der Waals surface area contributed by atoms with Crippen LogP contribution in [0.4, 0.5) is 5.95 Å². The maximum absolute atomic E-state index is 6.09. The number of hydrogen-bond donors (Lipinski definition) is 1. The molecule has 2 aliphatic rings. The van der Waals surface area contributed by atoms with E-state index in [1.165, 1.54) is 25.7 Å². The predicted molar refractivity (Wildman–Crippen MR) is 96.8 cm³/mol. The maximum Gasteiger partial charge on any atom is 0.223 e. The molecule has 1 saturated carbocycles. The zero-order chi connectivity index (χ0) is 16.9. The Bertz CT molecular complexity index is 661. The summed E-state index contributed by atoms with van der Waals surface area (Å²) < 4.78 is 11.7. The minimum atomic E-state index is 0.0613. The summed E-state index contributed by atoms with van der Waals surface area (Å²) in [5.41, 5.74) is 3.97. The van der Waals surface area contributed by atoms with Crippen molar-refractivity contribution in [2.75, 3.05) is 18.5 Å². The molecule has 25 heavy (non-hydrogen) atoms. The highest BCUT2D eigenvalue weighted by atomic mass is 32.1. The van der Waals surface area contributed by atoms with Crippen molar-refractivity contribution in [1.29, 1.82) is 0 Å². The van der Waals surface area contributed by atoms with Crippen LogP contribution in [0.15, 0.2) is 23.2 Å². The van der Waals surface area contributed by atoms with Crippen molar-refractivity contribution < 1.29 is 9.47 Å². The van der Waals surface area contributed by atoms with Gasteiger partial charge in [-0.05, 0) is 25.3 Å². The summed E-state index contributed by atoms with van der Waals surface area (Å²) in [6.07, 6.45) is 7.89. The van der Waals surface area contributed by atoms with Crippen molar-refractivity contribution in [3.8, 4) is 0 Å². The average molecular weight is 360 g/mol. The molecule has 0 bridgehead atoms. The lowest BCUT2D eigenvalue weighted by molar-refractivity contribution is -0.0487. The fraction of sp³-hybridized carbons (Fsp3) is 0.611. The predicted octanol–water partition coefficient (Wildman–Crippen LogP) is 3.38. The normalized spacial score (nSPS) is 24.5. The highest BCUT2D eigenvalue weighted by Gasteiger charge is 2.28. The summed E-state index contributed by atoms with van der Waals surface area (Å²) in [5, 5.41) is 5.46. The third-order valence-corrected chi connectivity index (χ3v) is 5.62. The quantitative estimate of drug-likeness (QED) is 0.852. The largest absolute Gasteiger partial charge is 0.379 e. The van der Waals surface area contributed by atoms with Gasteiger partial charge in [0.1, 0.15) is 0 Å². The lowest BCUT2D eigenvalue weighted by atomic mass is 10.0. The average Bonchev–Trinajstić information content (AvgIpc) is 3.35. The van der Waals surface area contributed by atoms with E-state index in [4.69, 9.17) is 14.5 Å². The van der Waals surface area contributed by atoms with E-state index in [2.05, 4.69) is 21.4 Å². The molecular weight excluding hydrogens is 336 g/mol. The van der Waals surface area contributed by atoms with Crippen LogP contribution in [0.1, 0.15) is 49.4 Å². The number of ether oxygens (including phenoxy) is 2. The Morgan fingerprint density at radius 1 is 1.24 bits per heavy atom. The van der Waals surface area contributed by atoms with Crippen LogP contribution in [0.5, 0.6) is 0 Å². The minimum Gasteiger partial charge on any atom is -0.379 e. The van der Waals surface area contributed by atoms with E-state index >= 15 is 0 Å². The number of nitrogens with one attached hydrogen (secondary N) is 1. The van der Waals surface area contributed by atoms with Gasteiger partial charge in [0.25, 0.3) is 0 Å². The highest BCUT2D eigenvalue weighted by molar-refractivity contribution is 7.07. The second-order valence-corrected chi connectivity index (χ2v) is 7.45. The monoisotopic (exact) mass is 360 g/mol. The first kappa shape index (κ1) is 16.9. The van der Waals surface area contributed by atoms with Crippen LogP contribution in [-0.2, 0) is 16.1 Å². The number of aromatic nitrogens is 3. The van der Waals surface area contributed by atoms with Crippen molar-refractivity contribution >= 4 is 17.3 Å². The minimum absolute atomic E-state index is 0.0613. The highest BCUT2D eigenvalue weighted by Crippen LogP contribution is 2.33. The van der Waals surface area contributed by atoms with Crippen molar-refractivity contribution in [2.45, 2.75) is 56.8 Å². The Morgan fingerprint density at radius 2 is 2.16 bits per heavy atom. The van der Waals surface area contributed by atoms with Crippen LogP contribution < -0.4 is 5.32 Å². The van der Waals surface area contributed by atoms with Gasteiger partial charge in [-0.25, -0.2) is 15.0 Å². The molecule has 1 aliphatic carbocycles. The molecule has 0 unspecified atom stereocenters. The zero-order valence-electron chi connectivity index (χ0n) is 14.3. The van der Waals surface area contributed by atoms with E-state index in [0.717, 1.165) is 24.4 Å². The van der Waals surface area contributed by atoms with Crippen molar-refractivity contribution in [3.05, 3.63) is 34.5 Å². The Morgan fingerprint density at radius 3 is 3.00 bits per heavy atom. The summed E-state index contributed by atoms with van der Waals surface area (Å²) in [6, 6.07) is 2.11. The first-order chi connectivity index (χ1) is 12.4. The smallest absolute Gasteiger partial charge is 0.223 e. The van der Waals surface area contributed by atoms with Crippen LogP contribution in [0, 0.1) is 0 Å². The number of anilines is 1. The molecule has 0 aromatic carbocycles. The number of nitrogens with zero attached hydrogens (tertiary/aromatic N) is 3. The first-order valence-electron chi connectivity index (χ1n) is 9.04. The van der Waals surface area contributed by atoms with Crippen LogP contribution >= 0.6 is 11.3 Å². The van der Waals surface area contributed by atoms with E-state index in [-0.39, 0.29) is 12.1 Å². The molecule has 2 fully saturated rings. The summed E-state index contributed by atoms with van der Waals surface area (Å²) in [7, 11) is 0. The van der Waals surface area contributed by atoms with Crippen molar-refractivity contribution in [3.63, 3.8) is 0 Å². The van der Waals surface area contributed by atoms with Gasteiger partial charge >= 0.3 is 0 Å². The van der Waals surface area contributed by atoms with Gasteiger partial charge in [0, 0.05) is 29.8 Å². The topological polar surface area (TPSA) is 69.2 Å². The van der Waals surface area contributed by atoms with Gasteiger partial charge in [-0.15, -0.1) is 11.3 Å². The fourth-order valence-electron chi connectivity index (χ4n) is 3.61. The second-order valence-electron chi connectivity index (χ2n) is 6.73. The molecule has 6 nitrogen and oxygen atoms in total. The fourth-order valence-corrected chi connectivity index (χ4v) is 4.15. The van der Waals surface area contributed by atoms with Gasteiger partial charge in [-0.3, -0.25) is 0 Å². The number of hydrogen-bond acceptors (Lipinski definition) is 7. The van der Waals surface area contributed by atoms with E-state index in [1.807, 2.05) is 17.1 Å². The number of rotatable bonds is 6. The molecule has 1 N–H and O–H groups in total. The molecule has 2 atom stereocenters. The molecule has 7 heteroatoms. The molecule has 4 rings (SSSR count). The lowest BCUT2D eigenvalue weighted by Gasteiger charge is -2.32. The van der Waals surface area contributed by atoms with Gasteiger partial charge in [0.05, 0.1) is 36.6 Å². The lowest BCUT2D eigenvalue weighted by Crippen LogP contribution is -2.44. The molecule has 0 radical (unpaired) electrons. The second kappa shape index (κ2) is 8.21. The van der Waals surface area contributed by atoms with Gasteiger partial charge in [-0.2, -0.15) is 0 Å². The van der Waals surface area contributed by atoms with E-state index < -0.39 is 0 Å². The van der Waals surface area contributed by atoms with Gasteiger partial charge in [-0.1, -0.05) is 12.8 Å². The van der Waals surface area contributed by atoms with Crippen molar-refractivity contribution in [2.24, 2.45) is 0 Å². The van der Waals surface area contributed by atoms with Crippen LogP contribution in [0.3, 0.4) is 0 Å². The molecule has 2 aromatic rings. The maximum atomic E-state index is 6.09. The molecule has 0 amide bonds. The van der Waals surface area contributed by atoms with Crippen LogP contribution in [0.2, 0.25) is 0 Å². The summed E-state index contributed by atoms with van der Waals surface area (Å²) in [4.78, 5) is 13.4. The molecule has 3 heterocycles. The van der Waals surface area contributed by atoms with Gasteiger partial charge in [0.2, 0.25) is 5.95 Å².